The van der Waals surface area contributed by atoms with Crippen molar-refractivity contribution >= 4 is 22.4 Å². The first kappa shape index (κ1) is 16.7. The lowest BCUT2D eigenvalue weighted by molar-refractivity contribution is 0.203. The minimum atomic E-state index is 0.292. The van der Waals surface area contributed by atoms with Crippen LogP contribution < -0.4 is 10.2 Å². The van der Waals surface area contributed by atoms with Gasteiger partial charge in [0.2, 0.25) is 0 Å². The number of rotatable bonds is 5. The number of pyridine rings is 1. The molecule has 1 saturated heterocycles. The van der Waals surface area contributed by atoms with Gasteiger partial charge in [-0.15, -0.1) is 0 Å². The van der Waals surface area contributed by atoms with E-state index in [1.807, 2.05) is 18.5 Å². The van der Waals surface area contributed by atoms with Crippen molar-refractivity contribution in [2.75, 3.05) is 29.9 Å². The van der Waals surface area contributed by atoms with E-state index >= 15 is 0 Å². The molecule has 0 spiro atoms. The Morgan fingerprint density at radius 3 is 2.65 bits per heavy atom. The summed E-state index contributed by atoms with van der Waals surface area (Å²) in [5.41, 5.74) is 5.19. The SMILES string of the molecule is OCC1CCN(c2ccncc2NCc2ccc3nccnc3c2)CC1. The van der Waals surface area contributed by atoms with Gasteiger partial charge >= 0.3 is 0 Å². The second-order valence-electron chi connectivity index (χ2n) is 6.74. The van der Waals surface area contributed by atoms with Crippen molar-refractivity contribution < 1.29 is 5.11 Å². The number of aliphatic hydroxyl groups is 1. The van der Waals surface area contributed by atoms with E-state index in [4.69, 9.17) is 0 Å². The van der Waals surface area contributed by atoms with Crippen molar-refractivity contribution in [1.29, 1.82) is 0 Å². The average Bonchev–Trinajstić information content (AvgIpc) is 2.72. The highest BCUT2D eigenvalue weighted by Crippen LogP contribution is 2.29. The van der Waals surface area contributed by atoms with Crippen LogP contribution in [-0.2, 0) is 6.54 Å². The molecular weight excluding hydrogens is 326 g/mol. The Balaban J connectivity index is 1.48. The van der Waals surface area contributed by atoms with Gasteiger partial charge in [-0.2, -0.15) is 0 Å². The Kier molecular flexibility index (Phi) is 4.93. The van der Waals surface area contributed by atoms with Gasteiger partial charge in [0.25, 0.3) is 0 Å². The predicted octanol–water partition coefficient (Wildman–Crippen LogP) is 2.85. The molecule has 134 valence electrons. The van der Waals surface area contributed by atoms with Gasteiger partial charge in [-0.1, -0.05) is 6.07 Å². The normalized spacial score (nSPS) is 15.3. The highest BCUT2D eigenvalue weighted by molar-refractivity contribution is 5.75. The standard InChI is InChI=1S/C20H23N5O/c26-14-15-4-9-25(10-5-15)20-3-6-21-13-19(20)24-12-16-1-2-17-18(11-16)23-8-7-22-17/h1-3,6-8,11,13,15,24,26H,4-5,9-10,12,14H2. The Morgan fingerprint density at radius 2 is 1.85 bits per heavy atom. The van der Waals surface area contributed by atoms with E-state index in [-0.39, 0.29) is 0 Å². The van der Waals surface area contributed by atoms with Crippen LogP contribution in [0.2, 0.25) is 0 Å². The molecule has 0 atom stereocenters. The molecule has 0 amide bonds. The number of piperidine rings is 1. The average molecular weight is 349 g/mol. The van der Waals surface area contributed by atoms with E-state index in [0.717, 1.165) is 48.2 Å². The van der Waals surface area contributed by atoms with Crippen LogP contribution in [-0.4, -0.2) is 39.8 Å². The Morgan fingerprint density at radius 1 is 1.04 bits per heavy atom. The molecule has 1 aliphatic heterocycles. The van der Waals surface area contributed by atoms with E-state index in [2.05, 4.69) is 43.4 Å². The van der Waals surface area contributed by atoms with Crippen molar-refractivity contribution in [3.05, 3.63) is 54.6 Å². The summed E-state index contributed by atoms with van der Waals surface area (Å²) in [6, 6.07) is 8.21. The zero-order valence-electron chi connectivity index (χ0n) is 14.7. The molecule has 6 heteroatoms. The first-order valence-electron chi connectivity index (χ1n) is 9.07. The summed E-state index contributed by atoms with van der Waals surface area (Å²) in [7, 11) is 0. The van der Waals surface area contributed by atoms with Gasteiger partial charge in [0.05, 0.1) is 28.6 Å². The van der Waals surface area contributed by atoms with Gasteiger partial charge in [-0.05, 0) is 42.5 Å². The van der Waals surface area contributed by atoms with E-state index in [9.17, 15) is 5.11 Å². The Labute approximate surface area is 152 Å². The molecule has 0 radical (unpaired) electrons. The molecule has 1 aliphatic rings. The Hall–Kier alpha value is -2.73. The monoisotopic (exact) mass is 349 g/mol. The second-order valence-corrected chi connectivity index (χ2v) is 6.74. The largest absolute Gasteiger partial charge is 0.396 e. The summed E-state index contributed by atoms with van der Waals surface area (Å²) >= 11 is 0. The molecular formula is C20H23N5O. The Bertz CT molecular complexity index is 877. The molecule has 3 aromatic rings. The van der Waals surface area contributed by atoms with E-state index in [1.54, 1.807) is 12.4 Å². The van der Waals surface area contributed by atoms with Gasteiger partial charge < -0.3 is 15.3 Å². The quantitative estimate of drug-likeness (QED) is 0.738. The summed E-state index contributed by atoms with van der Waals surface area (Å²) in [5.74, 6) is 0.434. The summed E-state index contributed by atoms with van der Waals surface area (Å²) in [6.07, 6.45) is 9.21. The second kappa shape index (κ2) is 7.66. The van der Waals surface area contributed by atoms with Crippen LogP contribution in [0.25, 0.3) is 11.0 Å². The van der Waals surface area contributed by atoms with E-state index in [0.29, 0.717) is 19.1 Å². The number of hydrogen-bond acceptors (Lipinski definition) is 6. The number of benzene rings is 1. The van der Waals surface area contributed by atoms with Crippen molar-refractivity contribution in [3.63, 3.8) is 0 Å². The zero-order valence-corrected chi connectivity index (χ0v) is 14.7. The van der Waals surface area contributed by atoms with Gasteiger partial charge in [0.1, 0.15) is 0 Å². The number of fused-ring (bicyclic) bond motifs is 1. The fourth-order valence-corrected chi connectivity index (χ4v) is 3.47. The number of anilines is 2. The lowest BCUT2D eigenvalue weighted by Crippen LogP contribution is -2.35. The van der Waals surface area contributed by atoms with Crippen LogP contribution in [0.5, 0.6) is 0 Å². The molecule has 26 heavy (non-hydrogen) atoms. The van der Waals surface area contributed by atoms with Crippen molar-refractivity contribution in [1.82, 2.24) is 15.0 Å². The lowest BCUT2D eigenvalue weighted by Gasteiger charge is -2.34. The molecule has 6 nitrogen and oxygen atoms in total. The molecule has 4 rings (SSSR count). The predicted molar refractivity (Wildman–Crippen MR) is 103 cm³/mol. The number of aromatic nitrogens is 3. The zero-order chi connectivity index (χ0) is 17.8. The van der Waals surface area contributed by atoms with Crippen LogP contribution in [0.15, 0.2) is 49.1 Å². The summed E-state index contributed by atoms with van der Waals surface area (Å²) < 4.78 is 0. The molecule has 2 N–H and O–H groups in total. The molecule has 1 fully saturated rings. The van der Waals surface area contributed by atoms with Crippen LogP contribution in [0.1, 0.15) is 18.4 Å². The fourth-order valence-electron chi connectivity index (χ4n) is 3.47. The molecule has 0 unspecified atom stereocenters. The topological polar surface area (TPSA) is 74.2 Å². The molecule has 0 aliphatic carbocycles. The van der Waals surface area contributed by atoms with E-state index < -0.39 is 0 Å². The minimum absolute atomic E-state index is 0.292. The third-order valence-electron chi connectivity index (χ3n) is 5.03. The smallest absolute Gasteiger partial charge is 0.0890 e. The highest BCUT2D eigenvalue weighted by atomic mass is 16.3. The van der Waals surface area contributed by atoms with Crippen LogP contribution >= 0.6 is 0 Å². The first-order valence-corrected chi connectivity index (χ1v) is 9.07. The summed E-state index contributed by atoms with van der Waals surface area (Å²) in [4.78, 5) is 15.3. The number of aliphatic hydroxyl groups excluding tert-OH is 1. The molecule has 2 aromatic heterocycles. The van der Waals surface area contributed by atoms with Gasteiger partial charge in [-0.3, -0.25) is 15.0 Å². The number of nitrogens with one attached hydrogen (secondary N) is 1. The van der Waals surface area contributed by atoms with Gasteiger partial charge in [0.15, 0.2) is 0 Å². The highest BCUT2D eigenvalue weighted by Gasteiger charge is 2.20. The van der Waals surface area contributed by atoms with Gasteiger partial charge in [0, 0.05) is 44.8 Å². The lowest BCUT2D eigenvalue weighted by atomic mass is 9.97. The molecule has 0 bridgehead atoms. The fraction of sp³-hybridized carbons (Fsp3) is 0.350. The summed E-state index contributed by atoms with van der Waals surface area (Å²) in [5, 5.41) is 12.9. The number of nitrogens with zero attached hydrogens (tertiary/aromatic N) is 4. The third-order valence-corrected chi connectivity index (χ3v) is 5.03. The van der Waals surface area contributed by atoms with Crippen LogP contribution in [0.3, 0.4) is 0 Å². The maximum Gasteiger partial charge on any atom is 0.0890 e. The minimum Gasteiger partial charge on any atom is -0.396 e. The van der Waals surface area contributed by atoms with Gasteiger partial charge in [-0.25, -0.2) is 0 Å². The number of hydrogen-bond donors (Lipinski definition) is 2. The maximum atomic E-state index is 9.34. The van der Waals surface area contributed by atoms with Crippen LogP contribution in [0.4, 0.5) is 11.4 Å². The molecule has 1 aromatic carbocycles. The van der Waals surface area contributed by atoms with Crippen molar-refractivity contribution in [2.45, 2.75) is 19.4 Å². The van der Waals surface area contributed by atoms with Crippen molar-refractivity contribution in [2.24, 2.45) is 5.92 Å². The maximum absolute atomic E-state index is 9.34. The molecule has 0 saturated carbocycles. The molecule has 3 heterocycles. The van der Waals surface area contributed by atoms with Crippen LogP contribution in [0, 0.1) is 5.92 Å². The van der Waals surface area contributed by atoms with Crippen molar-refractivity contribution in [3.8, 4) is 0 Å². The third kappa shape index (κ3) is 3.60. The summed E-state index contributed by atoms with van der Waals surface area (Å²) in [6.45, 7) is 2.93. The van der Waals surface area contributed by atoms with E-state index in [1.165, 1.54) is 5.69 Å². The first-order chi connectivity index (χ1) is 12.8.